The molecule has 2 aliphatic rings. The Morgan fingerprint density at radius 3 is 2.52 bits per heavy atom. The van der Waals surface area contributed by atoms with E-state index in [0.29, 0.717) is 18.5 Å². The molecule has 1 amide bonds. The Morgan fingerprint density at radius 2 is 1.83 bits per heavy atom. The highest BCUT2D eigenvalue weighted by Crippen LogP contribution is 2.30. The van der Waals surface area contributed by atoms with Crippen molar-refractivity contribution in [2.45, 2.75) is 51.1 Å². The van der Waals surface area contributed by atoms with Gasteiger partial charge in [-0.15, -0.1) is 0 Å². The van der Waals surface area contributed by atoms with Crippen LogP contribution in [-0.2, 0) is 11.2 Å². The zero-order valence-electron chi connectivity index (χ0n) is 14.3. The topological polar surface area (TPSA) is 32.8 Å². The van der Waals surface area contributed by atoms with Crippen LogP contribution >= 0.6 is 0 Å². The first kappa shape index (κ1) is 16.3. The van der Waals surface area contributed by atoms with Crippen molar-refractivity contribution in [3.8, 4) is 5.75 Å². The molecule has 0 aliphatic carbocycles. The Balaban J connectivity index is 1.65. The second kappa shape index (κ2) is 7.35. The summed E-state index contributed by atoms with van der Waals surface area (Å²) in [5.74, 6) is 1.12. The van der Waals surface area contributed by atoms with Crippen LogP contribution in [0.15, 0.2) is 24.3 Å². The first-order valence-corrected chi connectivity index (χ1v) is 8.89. The van der Waals surface area contributed by atoms with Crippen molar-refractivity contribution in [1.82, 2.24) is 9.80 Å². The van der Waals surface area contributed by atoms with Crippen LogP contribution in [0.4, 0.5) is 0 Å². The Labute approximate surface area is 139 Å². The first-order valence-electron chi connectivity index (χ1n) is 8.89. The number of hydrogen-bond donors (Lipinski definition) is 0. The van der Waals surface area contributed by atoms with Crippen LogP contribution in [0.1, 0.15) is 38.2 Å². The van der Waals surface area contributed by atoms with Crippen molar-refractivity contribution in [2.24, 2.45) is 0 Å². The number of methoxy groups -OCH3 is 1. The highest BCUT2D eigenvalue weighted by Gasteiger charge is 2.38. The predicted molar refractivity (Wildman–Crippen MR) is 91.7 cm³/mol. The summed E-state index contributed by atoms with van der Waals surface area (Å²) in [7, 11) is 1.66. The smallest absolute Gasteiger partial charge is 0.227 e. The molecule has 3 rings (SSSR count). The highest BCUT2D eigenvalue weighted by molar-refractivity contribution is 5.79. The molecule has 4 heteroatoms. The molecule has 2 heterocycles. The van der Waals surface area contributed by atoms with E-state index in [-0.39, 0.29) is 5.91 Å². The summed E-state index contributed by atoms with van der Waals surface area (Å²) in [5.41, 5.74) is 1.07. The molecule has 0 saturated carbocycles. The number of amides is 1. The third-order valence-corrected chi connectivity index (χ3v) is 5.40. The molecule has 126 valence electrons. The lowest BCUT2D eigenvalue weighted by atomic mass is 10.0. The van der Waals surface area contributed by atoms with Gasteiger partial charge in [0.1, 0.15) is 5.75 Å². The number of likely N-dealkylation sites (N-methyl/N-ethyl adjacent to an activating group) is 1. The molecule has 1 aromatic carbocycles. The maximum Gasteiger partial charge on any atom is 0.227 e. The number of likely N-dealkylation sites (tertiary alicyclic amines) is 2. The molecule has 0 unspecified atom stereocenters. The van der Waals surface area contributed by atoms with E-state index in [1.54, 1.807) is 7.11 Å². The normalized spacial score (nSPS) is 25.0. The minimum atomic E-state index is 0.278. The molecule has 1 aromatic rings. The van der Waals surface area contributed by atoms with Crippen molar-refractivity contribution in [2.75, 3.05) is 26.7 Å². The molecule has 2 atom stereocenters. The summed E-state index contributed by atoms with van der Waals surface area (Å²) in [5, 5.41) is 0. The maximum atomic E-state index is 12.8. The lowest BCUT2D eigenvalue weighted by Crippen LogP contribution is -2.48. The van der Waals surface area contributed by atoms with Gasteiger partial charge in [-0.25, -0.2) is 0 Å². The number of benzene rings is 1. The molecule has 2 saturated heterocycles. The van der Waals surface area contributed by atoms with Gasteiger partial charge in [0.25, 0.3) is 0 Å². The minimum Gasteiger partial charge on any atom is -0.497 e. The standard InChI is InChI=1S/C19H28N2O2/c1-3-20-12-4-6-17(20)18-7-5-13-21(18)19(22)14-15-8-10-16(23-2)11-9-15/h8-11,17-18H,3-7,12-14H2,1-2H3/t17-,18-/m1/s1. The number of nitrogens with zero attached hydrogens (tertiary/aromatic N) is 2. The van der Waals surface area contributed by atoms with Crippen molar-refractivity contribution in [1.29, 1.82) is 0 Å². The van der Waals surface area contributed by atoms with E-state index in [0.717, 1.165) is 37.2 Å². The van der Waals surface area contributed by atoms with Gasteiger partial charge in [0, 0.05) is 18.6 Å². The summed E-state index contributed by atoms with van der Waals surface area (Å²) < 4.78 is 5.18. The fourth-order valence-corrected chi connectivity index (χ4v) is 4.20. The summed E-state index contributed by atoms with van der Waals surface area (Å²) in [6, 6.07) is 8.84. The number of carbonyl (C=O) groups is 1. The molecular formula is C19H28N2O2. The van der Waals surface area contributed by atoms with Gasteiger partial charge in [-0.2, -0.15) is 0 Å². The van der Waals surface area contributed by atoms with Crippen molar-refractivity contribution in [3.05, 3.63) is 29.8 Å². The van der Waals surface area contributed by atoms with Gasteiger partial charge in [-0.1, -0.05) is 19.1 Å². The Hall–Kier alpha value is -1.55. The van der Waals surface area contributed by atoms with Crippen LogP contribution in [0, 0.1) is 0 Å². The van der Waals surface area contributed by atoms with Gasteiger partial charge in [0.2, 0.25) is 5.91 Å². The molecule has 2 fully saturated rings. The predicted octanol–water partition coefficient (Wildman–Crippen LogP) is 2.71. The summed E-state index contributed by atoms with van der Waals surface area (Å²) in [6.07, 6.45) is 5.32. The van der Waals surface area contributed by atoms with Crippen LogP contribution in [0.5, 0.6) is 5.75 Å². The summed E-state index contributed by atoms with van der Waals surface area (Å²) in [4.78, 5) is 17.5. The molecule has 0 radical (unpaired) electrons. The van der Waals surface area contributed by atoms with E-state index < -0.39 is 0 Å². The molecule has 2 aliphatic heterocycles. The minimum absolute atomic E-state index is 0.278. The van der Waals surface area contributed by atoms with Crippen LogP contribution in [0.25, 0.3) is 0 Å². The van der Waals surface area contributed by atoms with E-state index in [1.165, 1.54) is 19.4 Å². The third kappa shape index (κ3) is 3.52. The van der Waals surface area contributed by atoms with E-state index >= 15 is 0 Å². The average Bonchev–Trinajstić information content (AvgIpc) is 3.23. The van der Waals surface area contributed by atoms with E-state index in [4.69, 9.17) is 4.74 Å². The molecule has 0 N–H and O–H groups in total. The van der Waals surface area contributed by atoms with Gasteiger partial charge in [0.05, 0.1) is 13.5 Å². The van der Waals surface area contributed by atoms with Gasteiger partial charge in [0.15, 0.2) is 0 Å². The van der Waals surface area contributed by atoms with E-state index in [9.17, 15) is 4.79 Å². The maximum absolute atomic E-state index is 12.8. The van der Waals surface area contributed by atoms with Gasteiger partial charge in [-0.3, -0.25) is 9.69 Å². The number of ether oxygens (including phenoxy) is 1. The van der Waals surface area contributed by atoms with Crippen LogP contribution in [0.2, 0.25) is 0 Å². The second-order valence-electron chi connectivity index (χ2n) is 6.66. The summed E-state index contributed by atoms with van der Waals surface area (Å²) in [6.45, 7) is 5.45. The van der Waals surface area contributed by atoms with E-state index in [2.05, 4.69) is 16.7 Å². The van der Waals surface area contributed by atoms with Crippen molar-refractivity contribution in [3.63, 3.8) is 0 Å². The van der Waals surface area contributed by atoms with Crippen LogP contribution < -0.4 is 4.74 Å². The van der Waals surface area contributed by atoms with Gasteiger partial charge >= 0.3 is 0 Å². The molecule has 0 bridgehead atoms. The van der Waals surface area contributed by atoms with Crippen molar-refractivity contribution >= 4 is 5.91 Å². The third-order valence-electron chi connectivity index (χ3n) is 5.40. The second-order valence-corrected chi connectivity index (χ2v) is 6.66. The SMILES string of the molecule is CCN1CCC[C@@H]1[C@H]1CCCN1C(=O)Cc1ccc(OC)cc1. The quantitative estimate of drug-likeness (QED) is 0.837. The number of carbonyl (C=O) groups excluding carboxylic acids is 1. The number of hydrogen-bond acceptors (Lipinski definition) is 3. The van der Waals surface area contributed by atoms with Crippen LogP contribution in [0.3, 0.4) is 0 Å². The Bertz CT molecular complexity index is 529. The van der Waals surface area contributed by atoms with Gasteiger partial charge in [-0.05, 0) is 56.5 Å². The molecule has 0 aromatic heterocycles. The monoisotopic (exact) mass is 316 g/mol. The first-order chi connectivity index (χ1) is 11.2. The molecule has 23 heavy (non-hydrogen) atoms. The lowest BCUT2D eigenvalue weighted by molar-refractivity contribution is -0.132. The molecule has 4 nitrogen and oxygen atoms in total. The highest BCUT2D eigenvalue weighted by atomic mass is 16.5. The fourth-order valence-electron chi connectivity index (χ4n) is 4.20. The van der Waals surface area contributed by atoms with Gasteiger partial charge < -0.3 is 9.64 Å². The fraction of sp³-hybridized carbons (Fsp3) is 0.632. The average molecular weight is 316 g/mol. The summed E-state index contributed by atoms with van der Waals surface area (Å²) >= 11 is 0. The lowest BCUT2D eigenvalue weighted by Gasteiger charge is -2.34. The van der Waals surface area contributed by atoms with Crippen LogP contribution in [-0.4, -0.2) is 54.5 Å². The van der Waals surface area contributed by atoms with E-state index in [1.807, 2.05) is 24.3 Å². The molecule has 0 spiro atoms. The largest absolute Gasteiger partial charge is 0.497 e. The zero-order chi connectivity index (χ0) is 16.2. The number of rotatable bonds is 5. The Kier molecular flexibility index (Phi) is 5.21. The van der Waals surface area contributed by atoms with Crippen molar-refractivity contribution < 1.29 is 9.53 Å². The molecular weight excluding hydrogens is 288 g/mol. The zero-order valence-corrected chi connectivity index (χ0v) is 14.3. The Morgan fingerprint density at radius 1 is 1.13 bits per heavy atom.